The molecule has 1 fully saturated rings. The summed E-state index contributed by atoms with van der Waals surface area (Å²) >= 11 is 0. The van der Waals surface area contributed by atoms with Crippen molar-refractivity contribution in [3.8, 4) is 5.75 Å². The highest BCUT2D eigenvalue weighted by molar-refractivity contribution is 5.85. The summed E-state index contributed by atoms with van der Waals surface area (Å²) in [7, 11) is 1.54. The molecule has 2 N–H and O–H groups in total. The van der Waals surface area contributed by atoms with Crippen LogP contribution in [0.5, 0.6) is 5.75 Å². The van der Waals surface area contributed by atoms with E-state index in [4.69, 9.17) is 4.74 Å². The average Bonchev–Trinajstić information content (AvgIpc) is 2.90. The summed E-state index contributed by atoms with van der Waals surface area (Å²) in [6, 6.07) is 7.07. The summed E-state index contributed by atoms with van der Waals surface area (Å²) in [5, 5.41) is 13.6. The van der Waals surface area contributed by atoms with Crippen molar-refractivity contribution in [2.24, 2.45) is 5.41 Å². The first-order valence-electron chi connectivity index (χ1n) is 12.5. The van der Waals surface area contributed by atoms with Gasteiger partial charge in [0.05, 0.1) is 18.0 Å². The Balaban J connectivity index is 1.36. The zero-order valence-electron chi connectivity index (χ0n) is 21.4. The van der Waals surface area contributed by atoms with E-state index in [1.165, 1.54) is 0 Å². The normalized spacial score (nSPS) is 16.4. The molecule has 1 atom stereocenters. The molecule has 38 heavy (non-hydrogen) atoms. The molecule has 2 aromatic carbocycles. The Labute approximate surface area is 218 Å². The van der Waals surface area contributed by atoms with E-state index in [2.05, 4.69) is 10.3 Å². The second kappa shape index (κ2) is 11.6. The van der Waals surface area contributed by atoms with Crippen molar-refractivity contribution < 1.29 is 32.2 Å². The number of aromatic nitrogens is 1. The Morgan fingerprint density at radius 3 is 2.50 bits per heavy atom. The van der Waals surface area contributed by atoms with Crippen molar-refractivity contribution in [2.45, 2.75) is 38.8 Å². The number of nitrogens with zero attached hydrogens (tertiary/aromatic N) is 2. The van der Waals surface area contributed by atoms with Gasteiger partial charge in [-0.15, -0.1) is 0 Å². The first-order chi connectivity index (χ1) is 18.1. The number of methoxy groups -OCH3 is 1. The van der Waals surface area contributed by atoms with Crippen LogP contribution in [-0.4, -0.2) is 54.2 Å². The lowest BCUT2D eigenvalue weighted by molar-refractivity contribution is -0.153. The number of anilines is 1. The molecule has 0 spiro atoms. The molecule has 3 aromatic rings. The van der Waals surface area contributed by atoms with Gasteiger partial charge in [-0.2, -0.15) is 0 Å². The highest BCUT2D eigenvalue weighted by atomic mass is 19.2. The molecule has 204 valence electrons. The molecule has 1 unspecified atom stereocenters. The highest BCUT2D eigenvalue weighted by Crippen LogP contribution is 2.41. The van der Waals surface area contributed by atoms with Crippen LogP contribution in [0.15, 0.2) is 36.5 Å². The minimum atomic E-state index is -1.51. The number of rotatable bonds is 10. The van der Waals surface area contributed by atoms with E-state index in [9.17, 15) is 23.1 Å². The lowest BCUT2D eigenvalue weighted by atomic mass is 9.74. The Bertz CT molecular complexity index is 1290. The number of carboxylic acids is 1. The molecule has 4 rings (SSSR count). The number of carboxylic acid groups (broad SMARTS) is 1. The summed E-state index contributed by atoms with van der Waals surface area (Å²) in [6.07, 6.45) is 1.24. The fraction of sp³-hybridized carbons (Fsp3) is 0.429. The second-order valence-corrected chi connectivity index (χ2v) is 9.85. The SMILES string of the molecule is COc1ccc2ncc(C)c(C(F)CCC3(C(=O)O)CCN(CCNc4cc(F)c(F)c(F)c4)CC3)c2c1. The standard InChI is InChI=1S/C28H31F4N3O3/c1-17-16-34-24-4-3-19(38-2)15-20(24)25(17)21(29)5-6-28(27(36)37)7-10-35(11-8-28)12-9-33-18-13-22(30)26(32)23(31)14-18/h3-4,13-16,21,33H,5-12H2,1-2H3,(H,36,37). The molecule has 1 aliphatic heterocycles. The number of pyridine rings is 1. The van der Waals surface area contributed by atoms with Crippen LogP contribution >= 0.6 is 0 Å². The van der Waals surface area contributed by atoms with Gasteiger partial charge in [0, 0.05) is 42.5 Å². The quantitative estimate of drug-likeness (QED) is 0.245. The number of nitrogens with one attached hydrogen (secondary N) is 1. The lowest BCUT2D eigenvalue weighted by Gasteiger charge is -2.39. The Morgan fingerprint density at radius 2 is 1.87 bits per heavy atom. The molecule has 0 saturated carbocycles. The minimum Gasteiger partial charge on any atom is -0.497 e. The number of hydrogen-bond acceptors (Lipinski definition) is 5. The van der Waals surface area contributed by atoms with E-state index in [0.717, 1.165) is 12.1 Å². The summed E-state index contributed by atoms with van der Waals surface area (Å²) in [5.74, 6) is -4.39. The van der Waals surface area contributed by atoms with Crippen LogP contribution < -0.4 is 10.1 Å². The molecule has 0 aliphatic carbocycles. The molecule has 6 nitrogen and oxygen atoms in total. The van der Waals surface area contributed by atoms with Crippen molar-refractivity contribution in [3.05, 3.63) is 65.1 Å². The zero-order chi connectivity index (χ0) is 27.4. The number of aliphatic carboxylic acids is 1. The third-order valence-corrected chi connectivity index (χ3v) is 7.51. The molecular weight excluding hydrogens is 502 g/mol. The third kappa shape index (κ3) is 5.85. The van der Waals surface area contributed by atoms with Crippen LogP contribution in [0.1, 0.15) is 43.0 Å². The van der Waals surface area contributed by atoms with Gasteiger partial charge in [-0.25, -0.2) is 17.6 Å². The Morgan fingerprint density at radius 1 is 1.18 bits per heavy atom. The van der Waals surface area contributed by atoms with Crippen molar-refractivity contribution >= 4 is 22.6 Å². The minimum absolute atomic E-state index is 0.0622. The van der Waals surface area contributed by atoms with E-state index in [1.54, 1.807) is 38.4 Å². The number of alkyl halides is 1. The predicted molar refractivity (Wildman–Crippen MR) is 137 cm³/mol. The number of likely N-dealkylation sites (tertiary alicyclic amines) is 1. The van der Waals surface area contributed by atoms with Crippen LogP contribution in [-0.2, 0) is 4.79 Å². The molecular formula is C28H31F4N3O3. The summed E-state index contributed by atoms with van der Waals surface area (Å²) in [4.78, 5) is 18.7. The zero-order valence-corrected chi connectivity index (χ0v) is 21.4. The molecule has 2 heterocycles. The van der Waals surface area contributed by atoms with E-state index in [-0.39, 0.29) is 18.5 Å². The monoisotopic (exact) mass is 533 g/mol. The fourth-order valence-corrected chi connectivity index (χ4v) is 5.17. The number of hydrogen-bond donors (Lipinski definition) is 2. The van der Waals surface area contributed by atoms with E-state index >= 15 is 4.39 Å². The maximum atomic E-state index is 15.7. The molecule has 1 aromatic heterocycles. The predicted octanol–water partition coefficient (Wildman–Crippen LogP) is 6.04. The van der Waals surface area contributed by atoms with Gasteiger partial charge in [0.2, 0.25) is 0 Å². The number of halogens is 4. The summed E-state index contributed by atoms with van der Waals surface area (Å²) in [6.45, 7) is 3.63. The molecule has 1 aliphatic rings. The Hall–Kier alpha value is -3.40. The van der Waals surface area contributed by atoms with Crippen LogP contribution in [0.4, 0.5) is 23.2 Å². The topological polar surface area (TPSA) is 74.7 Å². The van der Waals surface area contributed by atoms with Gasteiger partial charge >= 0.3 is 5.97 Å². The number of aryl methyl sites for hydroxylation is 1. The number of piperidine rings is 1. The van der Waals surface area contributed by atoms with Gasteiger partial charge in [-0.1, -0.05) is 0 Å². The molecule has 0 radical (unpaired) electrons. The van der Waals surface area contributed by atoms with Gasteiger partial charge in [-0.3, -0.25) is 9.78 Å². The number of carbonyl (C=O) groups is 1. The largest absolute Gasteiger partial charge is 0.497 e. The van der Waals surface area contributed by atoms with Crippen molar-refractivity contribution in [3.63, 3.8) is 0 Å². The van der Waals surface area contributed by atoms with E-state index < -0.39 is 35.0 Å². The average molecular weight is 534 g/mol. The molecule has 1 saturated heterocycles. The maximum Gasteiger partial charge on any atom is 0.309 e. The molecule has 0 bridgehead atoms. The molecule has 10 heteroatoms. The lowest BCUT2D eigenvalue weighted by Crippen LogP contribution is -2.45. The van der Waals surface area contributed by atoms with Gasteiger partial charge in [0.15, 0.2) is 17.5 Å². The first-order valence-corrected chi connectivity index (χ1v) is 12.5. The summed E-state index contributed by atoms with van der Waals surface area (Å²) in [5.41, 5.74) is 0.947. The summed E-state index contributed by atoms with van der Waals surface area (Å²) < 4.78 is 60.9. The van der Waals surface area contributed by atoms with Gasteiger partial charge in [-0.05, 0) is 75.0 Å². The molecule has 0 amide bonds. The van der Waals surface area contributed by atoms with Gasteiger partial charge in [0.25, 0.3) is 0 Å². The Kier molecular flexibility index (Phi) is 8.40. The smallest absolute Gasteiger partial charge is 0.309 e. The fourth-order valence-electron chi connectivity index (χ4n) is 5.17. The van der Waals surface area contributed by atoms with Crippen LogP contribution in [0.25, 0.3) is 10.9 Å². The highest BCUT2D eigenvalue weighted by Gasteiger charge is 2.41. The van der Waals surface area contributed by atoms with Gasteiger partial charge < -0.3 is 20.1 Å². The van der Waals surface area contributed by atoms with Crippen molar-refractivity contribution in [2.75, 3.05) is 38.6 Å². The first kappa shape index (κ1) is 27.6. The van der Waals surface area contributed by atoms with Crippen molar-refractivity contribution in [1.82, 2.24) is 9.88 Å². The number of benzene rings is 2. The van der Waals surface area contributed by atoms with Crippen molar-refractivity contribution in [1.29, 1.82) is 0 Å². The maximum absolute atomic E-state index is 15.7. The van der Waals surface area contributed by atoms with E-state index in [1.807, 2.05) is 4.90 Å². The third-order valence-electron chi connectivity index (χ3n) is 7.51. The van der Waals surface area contributed by atoms with Crippen LogP contribution in [0, 0.1) is 29.8 Å². The van der Waals surface area contributed by atoms with E-state index in [0.29, 0.717) is 66.8 Å². The second-order valence-electron chi connectivity index (χ2n) is 9.85. The van der Waals surface area contributed by atoms with Crippen LogP contribution in [0.2, 0.25) is 0 Å². The van der Waals surface area contributed by atoms with Crippen LogP contribution in [0.3, 0.4) is 0 Å². The van der Waals surface area contributed by atoms with Gasteiger partial charge in [0.1, 0.15) is 11.9 Å². The number of ether oxygens (including phenoxy) is 1. The number of fused-ring (bicyclic) bond motifs is 1.